The summed E-state index contributed by atoms with van der Waals surface area (Å²) in [5, 5.41) is 3.55. The monoisotopic (exact) mass is 569 g/mol. The number of anilines is 1. The van der Waals surface area contributed by atoms with Gasteiger partial charge in [0.05, 0.1) is 22.0 Å². The molecule has 0 radical (unpaired) electrons. The molecule has 2 aromatic rings. The molecule has 1 N–H and O–H groups in total. The van der Waals surface area contributed by atoms with Crippen LogP contribution in [0.3, 0.4) is 0 Å². The molecule has 0 aromatic heterocycles. The summed E-state index contributed by atoms with van der Waals surface area (Å²) in [4.78, 5) is 40.1. The predicted octanol–water partition coefficient (Wildman–Crippen LogP) is 4.68. The van der Waals surface area contributed by atoms with Gasteiger partial charge in [-0.1, -0.05) is 55.2 Å². The maximum atomic E-state index is 13.7. The highest BCUT2D eigenvalue weighted by Crippen LogP contribution is 2.25. The largest absolute Gasteiger partial charge is 0.352 e. The van der Waals surface area contributed by atoms with Crippen LogP contribution in [-0.4, -0.2) is 55.8 Å². The van der Waals surface area contributed by atoms with Gasteiger partial charge in [-0.3, -0.25) is 18.7 Å². The highest BCUT2D eigenvalue weighted by Gasteiger charge is 2.32. The standard InChI is InChI=1S/C26H33Cl2N3O5S/c1-6-17(3)29-26(34)24(7-2)30(15-19-11-12-22(27)23(28)13-19)25(33)16-31(37(5,35)36)21-10-8-9-20(14-21)18(4)32/h8-14,17,24H,6-7,15-16H2,1-5H3,(H,29,34)/t17-,24-/m1/s1. The third kappa shape index (κ3) is 8.45. The maximum absolute atomic E-state index is 13.7. The van der Waals surface area contributed by atoms with Crippen molar-refractivity contribution < 1.29 is 22.8 Å². The van der Waals surface area contributed by atoms with Gasteiger partial charge in [-0.05, 0) is 56.5 Å². The Balaban J connectivity index is 2.50. The third-order valence-electron chi connectivity index (χ3n) is 5.94. The number of hydrogen-bond donors (Lipinski definition) is 1. The van der Waals surface area contributed by atoms with E-state index in [1.807, 2.05) is 13.8 Å². The molecule has 8 nitrogen and oxygen atoms in total. The predicted molar refractivity (Wildman–Crippen MR) is 148 cm³/mol. The molecule has 0 heterocycles. The molecular weight excluding hydrogens is 537 g/mol. The van der Waals surface area contributed by atoms with Gasteiger partial charge in [0.1, 0.15) is 12.6 Å². The number of ketones is 1. The molecule has 202 valence electrons. The van der Waals surface area contributed by atoms with Gasteiger partial charge in [0, 0.05) is 18.2 Å². The summed E-state index contributed by atoms with van der Waals surface area (Å²) in [5.41, 5.74) is 1.11. The van der Waals surface area contributed by atoms with Gasteiger partial charge >= 0.3 is 0 Å². The fourth-order valence-electron chi connectivity index (χ4n) is 3.69. The molecule has 0 saturated heterocycles. The van der Waals surface area contributed by atoms with E-state index >= 15 is 0 Å². The Kier molecular flexibility index (Phi) is 11.0. The van der Waals surface area contributed by atoms with Crippen LogP contribution < -0.4 is 9.62 Å². The van der Waals surface area contributed by atoms with E-state index in [1.54, 1.807) is 37.3 Å². The Labute approximate surface area is 229 Å². The van der Waals surface area contributed by atoms with Crippen molar-refractivity contribution in [2.75, 3.05) is 17.1 Å². The van der Waals surface area contributed by atoms with Crippen molar-refractivity contribution in [3.63, 3.8) is 0 Å². The van der Waals surface area contributed by atoms with E-state index in [-0.39, 0.29) is 30.0 Å². The van der Waals surface area contributed by atoms with Gasteiger partial charge in [0.15, 0.2) is 5.78 Å². The van der Waals surface area contributed by atoms with Crippen molar-refractivity contribution in [3.8, 4) is 0 Å². The molecule has 2 aromatic carbocycles. The summed E-state index contributed by atoms with van der Waals surface area (Å²) in [6.45, 7) is 6.39. The number of carbonyl (C=O) groups is 3. The number of benzene rings is 2. The first-order valence-electron chi connectivity index (χ1n) is 11.9. The molecule has 0 aliphatic carbocycles. The van der Waals surface area contributed by atoms with Crippen LogP contribution in [0.15, 0.2) is 42.5 Å². The fraction of sp³-hybridized carbons (Fsp3) is 0.423. The number of rotatable bonds is 12. The lowest BCUT2D eigenvalue weighted by Crippen LogP contribution is -2.53. The molecule has 0 unspecified atom stereocenters. The number of carbonyl (C=O) groups excluding carboxylic acids is 3. The molecule has 0 fully saturated rings. The molecule has 0 aliphatic rings. The van der Waals surface area contributed by atoms with Gasteiger partial charge < -0.3 is 10.2 Å². The summed E-state index contributed by atoms with van der Waals surface area (Å²) < 4.78 is 26.4. The van der Waals surface area contributed by atoms with E-state index in [9.17, 15) is 22.8 Å². The fourth-order valence-corrected chi connectivity index (χ4v) is 4.85. The molecule has 2 amide bonds. The molecule has 37 heavy (non-hydrogen) atoms. The van der Waals surface area contributed by atoms with Gasteiger partial charge in [-0.25, -0.2) is 8.42 Å². The minimum Gasteiger partial charge on any atom is -0.352 e. The smallest absolute Gasteiger partial charge is 0.244 e. The Morgan fingerprint density at radius 1 is 1.00 bits per heavy atom. The van der Waals surface area contributed by atoms with E-state index in [0.717, 1.165) is 10.6 Å². The summed E-state index contributed by atoms with van der Waals surface area (Å²) in [5.74, 6) is -1.17. The van der Waals surface area contributed by atoms with Crippen LogP contribution >= 0.6 is 23.2 Å². The first-order valence-corrected chi connectivity index (χ1v) is 14.5. The molecule has 0 bridgehead atoms. The van der Waals surface area contributed by atoms with Crippen molar-refractivity contribution in [2.45, 2.75) is 59.2 Å². The van der Waals surface area contributed by atoms with Crippen LogP contribution in [-0.2, 0) is 26.2 Å². The second kappa shape index (κ2) is 13.3. The minimum absolute atomic E-state index is 0.00718. The van der Waals surface area contributed by atoms with E-state index in [4.69, 9.17) is 23.2 Å². The van der Waals surface area contributed by atoms with Crippen molar-refractivity contribution in [1.82, 2.24) is 10.2 Å². The van der Waals surface area contributed by atoms with E-state index in [2.05, 4.69) is 5.32 Å². The van der Waals surface area contributed by atoms with Crippen LogP contribution in [0.1, 0.15) is 56.5 Å². The average Bonchev–Trinajstić information content (AvgIpc) is 2.83. The lowest BCUT2D eigenvalue weighted by atomic mass is 10.1. The highest BCUT2D eigenvalue weighted by molar-refractivity contribution is 7.92. The zero-order chi connectivity index (χ0) is 27.9. The average molecular weight is 571 g/mol. The number of amides is 2. The van der Waals surface area contributed by atoms with Crippen LogP contribution in [0, 0.1) is 0 Å². The van der Waals surface area contributed by atoms with Gasteiger partial charge in [-0.2, -0.15) is 0 Å². The highest BCUT2D eigenvalue weighted by atomic mass is 35.5. The summed E-state index contributed by atoms with van der Waals surface area (Å²) in [6, 6.07) is 9.98. The minimum atomic E-state index is -3.91. The summed E-state index contributed by atoms with van der Waals surface area (Å²) >= 11 is 12.2. The van der Waals surface area contributed by atoms with Crippen molar-refractivity contribution in [2.24, 2.45) is 0 Å². The van der Waals surface area contributed by atoms with Crippen LogP contribution in [0.25, 0.3) is 0 Å². The maximum Gasteiger partial charge on any atom is 0.244 e. The SMILES string of the molecule is CC[C@@H](C)NC(=O)[C@@H](CC)N(Cc1ccc(Cl)c(Cl)c1)C(=O)CN(c1cccc(C(C)=O)c1)S(C)(=O)=O. The van der Waals surface area contributed by atoms with Gasteiger partial charge in [0.25, 0.3) is 0 Å². The topological polar surface area (TPSA) is 104 Å². The first-order chi connectivity index (χ1) is 17.3. The number of hydrogen-bond acceptors (Lipinski definition) is 5. The van der Waals surface area contributed by atoms with Gasteiger partial charge in [-0.15, -0.1) is 0 Å². The molecule has 0 spiro atoms. The Bertz CT molecular complexity index is 1250. The molecule has 2 rings (SSSR count). The Hall–Kier alpha value is -2.62. The normalized spacial score (nSPS) is 12.9. The third-order valence-corrected chi connectivity index (χ3v) is 7.82. The quantitative estimate of drug-likeness (QED) is 0.373. The van der Waals surface area contributed by atoms with E-state index in [1.165, 1.54) is 24.0 Å². The zero-order valence-electron chi connectivity index (χ0n) is 21.6. The van der Waals surface area contributed by atoms with E-state index < -0.39 is 28.5 Å². The second-order valence-corrected chi connectivity index (χ2v) is 11.6. The number of nitrogens with one attached hydrogen (secondary N) is 1. The Morgan fingerprint density at radius 2 is 1.68 bits per heavy atom. The van der Waals surface area contributed by atoms with Crippen molar-refractivity contribution >= 4 is 56.5 Å². The summed E-state index contributed by atoms with van der Waals surface area (Å²) in [6.07, 6.45) is 1.99. The van der Waals surface area contributed by atoms with Crippen LogP contribution in [0.2, 0.25) is 10.0 Å². The molecule has 0 saturated carbocycles. The summed E-state index contributed by atoms with van der Waals surface area (Å²) in [7, 11) is -3.91. The lowest BCUT2D eigenvalue weighted by molar-refractivity contribution is -0.140. The van der Waals surface area contributed by atoms with Crippen LogP contribution in [0.4, 0.5) is 5.69 Å². The first kappa shape index (κ1) is 30.6. The number of sulfonamides is 1. The van der Waals surface area contributed by atoms with E-state index in [0.29, 0.717) is 34.0 Å². The molecular formula is C26H33Cl2N3O5S. The molecule has 11 heteroatoms. The van der Waals surface area contributed by atoms with Crippen molar-refractivity contribution in [3.05, 3.63) is 63.6 Å². The van der Waals surface area contributed by atoms with Gasteiger partial charge in [0.2, 0.25) is 21.8 Å². The zero-order valence-corrected chi connectivity index (χ0v) is 24.0. The number of halogens is 2. The number of Topliss-reactive ketones (excluding diaryl/α,β-unsaturated/α-hetero) is 1. The molecule has 2 atom stereocenters. The Morgan fingerprint density at radius 3 is 2.22 bits per heavy atom. The van der Waals surface area contributed by atoms with Crippen molar-refractivity contribution in [1.29, 1.82) is 0 Å². The second-order valence-electron chi connectivity index (χ2n) is 8.89. The molecule has 0 aliphatic heterocycles. The van der Waals surface area contributed by atoms with Crippen LogP contribution in [0.5, 0.6) is 0 Å². The lowest BCUT2D eigenvalue weighted by Gasteiger charge is -2.33. The number of nitrogens with zero attached hydrogens (tertiary/aromatic N) is 2.